The Morgan fingerprint density at radius 3 is 2.57 bits per heavy atom. The lowest BCUT2D eigenvalue weighted by molar-refractivity contribution is 0.601. The lowest BCUT2D eigenvalue weighted by Gasteiger charge is -2.11. The Labute approximate surface area is 136 Å². The molecule has 0 saturated heterocycles. The van der Waals surface area contributed by atoms with Crippen LogP contribution in [0.1, 0.15) is 5.56 Å². The Kier molecular flexibility index (Phi) is 4.75. The molecule has 21 heavy (non-hydrogen) atoms. The van der Waals surface area contributed by atoms with E-state index in [0.717, 1.165) is 5.56 Å². The van der Waals surface area contributed by atoms with E-state index >= 15 is 0 Å². The molecule has 112 valence electrons. The predicted molar refractivity (Wildman–Crippen MR) is 88.5 cm³/mol. The van der Waals surface area contributed by atoms with Crippen molar-refractivity contribution in [3.05, 3.63) is 45.5 Å². The van der Waals surface area contributed by atoms with Gasteiger partial charge in [0.2, 0.25) is 0 Å². The summed E-state index contributed by atoms with van der Waals surface area (Å²) < 4.78 is 27.8. The van der Waals surface area contributed by atoms with Crippen LogP contribution in [0.15, 0.2) is 39.8 Å². The number of halogens is 2. The zero-order chi connectivity index (χ0) is 15.6. The highest BCUT2D eigenvalue weighted by Crippen LogP contribution is 2.27. The third-order valence-electron chi connectivity index (χ3n) is 2.73. The van der Waals surface area contributed by atoms with Crippen molar-refractivity contribution in [1.82, 2.24) is 4.98 Å². The van der Waals surface area contributed by atoms with Crippen LogP contribution in [-0.4, -0.2) is 20.4 Å². The normalized spacial score (nSPS) is 11.2. The number of pyridine rings is 1. The standard InChI is InChI=1S/C13H13BrClN3O2S/c1-8-3-4-12(10(14)5-8)18-21(19,20)9-6-11(15)13(16-2)17-7-9/h3-7,18H,1-2H3,(H,16,17). The van der Waals surface area contributed by atoms with E-state index in [0.29, 0.717) is 16.0 Å². The van der Waals surface area contributed by atoms with Crippen LogP contribution in [0.25, 0.3) is 0 Å². The number of nitrogens with one attached hydrogen (secondary N) is 2. The summed E-state index contributed by atoms with van der Waals surface area (Å²) in [4.78, 5) is 3.97. The zero-order valence-electron chi connectivity index (χ0n) is 11.3. The minimum atomic E-state index is -3.75. The first-order chi connectivity index (χ1) is 9.83. The quantitative estimate of drug-likeness (QED) is 0.836. The molecular weight excluding hydrogens is 378 g/mol. The molecule has 2 aromatic rings. The lowest BCUT2D eigenvalue weighted by atomic mass is 10.2. The van der Waals surface area contributed by atoms with Gasteiger partial charge in [0.1, 0.15) is 10.7 Å². The van der Waals surface area contributed by atoms with Crippen LogP contribution in [0.3, 0.4) is 0 Å². The molecule has 0 bridgehead atoms. The molecule has 0 amide bonds. The Balaban J connectivity index is 2.36. The Hall–Kier alpha value is -1.31. The summed E-state index contributed by atoms with van der Waals surface area (Å²) in [5.41, 5.74) is 1.47. The average Bonchev–Trinajstić information content (AvgIpc) is 2.42. The van der Waals surface area contributed by atoms with Crippen LogP contribution in [-0.2, 0) is 10.0 Å². The van der Waals surface area contributed by atoms with Crippen LogP contribution in [0.5, 0.6) is 0 Å². The van der Waals surface area contributed by atoms with E-state index in [1.807, 2.05) is 19.1 Å². The summed E-state index contributed by atoms with van der Waals surface area (Å²) in [5.74, 6) is 0.423. The molecular formula is C13H13BrClN3O2S. The highest BCUT2D eigenvalue weighted by molar-refractivity contribution is 9.10. The third kappa shape index (κ3) is 3.66. The largest absolute Gasteiger partial charge is 0.372 e. The van der Waals surface area contributed by atoms with E-state index < -0.39 is 10.0 Å². The number of sulfonamides is 1. The zero-order valence-corrected chi connectivity index (χ0v) is 14.5. The second kappa shape index (κ2) is 6.21. The molecule has 5 nitrogen and oxygen atoms in total. The molecule has 1 heterocycles. The molecule has 2 rings (SSSR count). The molecule has 1 aromatic heterocycles. The number of rotatable bonds is 4. The number of hydrogen-bond donors (Lipinski definition) is 2. The molecule has 2 N–H and O–H groups in total. The molecule has 0 spiro atoms. The summed E-state index contributed by atoms with van der Waals surface area (Å²) in [6, 6.07) is 6.68. The van der Waals surface area contributed by atoms with Crippen molar-refractivity contribution in [2.45, 2.75) is 11.8 Å². The van der Waals surface area contributed by atoms with Gasteiger partial charge in [0, 0.05) is 17.7 Å². The van der Waals surface area contributed by atoms with E-state index in [4.69, 9.17) is 11.6 Å². The van der Waals surface area contributed by atoms with Gasteiger partial charge in [-0.2, -0.15) is 0 Å². The molecule has 8 heteroatoms. The number of aryl methyl sites for hydroxylation is 1. The van der Waals surface area contributed by atoms with E-state index in [1.54, 1.807) is 13.1 Å². The highest BCUT2D eigenvalue weighted by Gasteiger charge is 2.17. The molecule has 1 aromatic carbocycles. The van der Waals surface area contributed by atoms with E-state index in [-0.39, 0.29) is 9.92 Å². The number of aromatic nitrogens is 1. The molecule has 0 aliphatic rings. The van der Waals surface area contributed by atoms with Gasteiger partial charge in [0.15, 0.2) is 0 Å². The summed E-state index contributed by atoms with van der Waals surface area (Å²) in [6.07, 6.45) is 1.25. The summed E-state index contributed by atoms with van der Waals surface area (Å²) in [5, 5.41) is 3.01. The van der Waals surface area contributed by atoms with Crippen molar-refractivity contribution in [1.29, 1.82) is 0 Å². The third-order valence-corrected chi connectivity index (χ3v) is 5.01. The van der Waals surface area contributed by atoms with Crippen molar-refractivity contribution in [2.24, 2.45) is 0 Å². The molecule has 0 aliphatic carbocycles. The first kappa shape index (κ1) is 16.1. The fourth-order valence-electron chi connectivity index (χ4n) is 1.66. The van der Waals surface area contributed by atoms with Gasteiger partial charge in [0.05, 0.1) is 10.7 Å². The van der Waals surface area contributed by atoms with Crippen molar-refractivity contribution in [3.8, 4) is 0 Å². The second-order valence-electron chi connectivity index (χ2n) is 4.34. The summed E-state index contributed by atoms with van der Waals surface area (Å²) in [6.45, 7) is 1.92. The fourth-order valence-corrected chi connectivity index (χ4v) is 3.76. The van der Waals surface area contributed by atoms with Crippen LogP contribution in [0.4, 0.5) is 11.5 Å². The molecule has 0 radical (unpaired) electrons. The molecule has 0 saturated carbocycles. The molecule has 0 unspecified atom stereocenters. The van der Waals surface area contributed by atoms with E-state index in [2.05, 4.69) is 31.0 Å². The lowest BCUT2D eigenvalue weighted by Crippen LogP contribution is -2.14. The first-order valence-electron chi connectivity index (χ1n) is 5.96. The SMILES string of the molecule is CNc1ncc(S(=O)(=O)Nc2ccc(C)cc2Br)cc1Cl. The maximum atomic E-state index is 12.3. The fraction of sp³-hybridized carbons (Fsp3) is 0.154. The van der Waals surface area contributed by atoms with Crippen molar-refractivity contribution in [2.75, 3.05) is 17.1 Å². The summed E-state index contributed by atoms with van der Waals surface area (Å²) >= 11 is 9.30. The van der Waals surface area contributed by atoms with Gasteiger partial charge in [0.25, 0.3) is 10.0 Å². The maximum Gasteiger partial charge on any atom is 0.263 e. The second-order valence-corrected chi connectivity index (χ2v) is 7.28. The van der Waals surface area contributed by atoms with Crippen molar-refractivity contribution in [3.63, 3.8) is 0 Å². The minimum Gasteiger partial charge on any atom is -0.372 e. The maximum absolute atomic E-state index is 12.3. The Morgan fingerprint density at radius 2 is 2.00 bits per heavy atom. The topological polar surface area (TPSA) is 71.1 Å². The Bertz CT molecular complexity index is 781. The van der Waals surface area contributed by atoms with Gasteiger partial charge in [-0.05, 0) is 46.6 Å². The number of hydrogen-bond acceptors (Lipinski definition) is 4. The van der Waals surface area contributed by atoms with Gasteiger partial charge < -0.3 is 5.32 Å². The van der Waals surface area contributed by atoms with Gasteiger partial charge in [-0.25, -0.2) is 13.4 Å². The van der Waals surface area contributed by atoms with Crippen LogP contribution in [0, 0.1) is 6.92 Å². The van der Waals surface area contributed by atoms with Crippen LogP contribution >= 0.6 is 27.5 Å². The predicted octanol–water partition coefficient (Wildman–Crippen LogP) is 3.65. The summed E-state index contributed by atoms with van der Waals surface area (Å²) in [7, 11) is -2.09. The minimum absolute atomic E-state index is 0.000949. The molecule has 0 fully saturated rings. The van der Waals surface area contributed by atoms with E-state index in [9.17, 15) is 8.42 Å². The number of nitrogens with zero attached hydrogens (tertiary/aromatic N) is 1. The van der Waals surface area contributed by atoms with Gasteiger partial charge >= 0.3 is 0 Å². The van der Waals surface area contributed by atoms with Crippen molar-refractivity contribution < 1.29 is 8.42 Å². The van der Waals surface area contributed by atoms with Gasteiger partial charge in [-0.1, -0.05) is 17.7 Å². The average molecular weight is 391 g/mol. The van der Waals surface area contributed by atoms with Gasteiger partial charge in [-0.15, -0.1) is 0 Å². The van der Waals surface area contributed by atoms with Crippen LogP contribution < -0.4 is 10.0 Å². The smallest absolute Gasteiger partial charge is 0.263 e. The van der Waals surface area contributed by atoms with Gasteiger partial charge in [-0.3, -0.25) is 4.72 Å². The Morgan fingerprint density at radius 1 is 1.29 bits per heavy atom. The number of benzene rings is 1. The highest BCUT2D eigenvalue weighted by atomic mass is 79.9. The van der Waals surface area contributed by atoms with Crippen LogP contribution in [0.2, 0.25) is 5.02 Å². The first-order valence-corrected chi connectivity index (χ1v) is 8.61. The monoisotopic (exact) mass is 389 g/mol. The number of anilines is 2. The van der Waals surface area contributed by atoms with Crippen molar-refractivity contribution >= 4 is 49.1 Å². The molecule has 0 atom stereocenters. The van der Waals surface area contributed by atoms with E-state index in [1.165, 1.54) is 12.3 Å². The molecule has 0 aliphatic heterocycles.